The third-order valence-electron chi connectivity index (χ3n) is 3.66. The van der Waals surface area contributed by atoms with Gasteiger partial charge in [0.05, 0.1) is 19.3 Å². The molecule has 1 aliphatic rings. The zero-order chi connectivity index (χ0) is 15.7. The third-order valence-corrected chi connectivity index (χ3v) is 3.66. The molecule has 0 aliphatic carbocycles. The quantitative estimate of drug-likeness (QED) is 0.881. The fraction of sp³-hybridized carbons (Fsp3) is 0.571. The summed E-state index contributed by atoms with van der Waals surface area (Å²) < 4.78 is 7.75. The summed E-state index contributed by atoms with van der Waals surface area (Å²) in [7, 11) is 0. The number of aromatic nitrogens is 5. The van der Waals surface area contributed by atoms with E-state index in [1.165, 1.54) is 0 Å². The summed E-state index contributed by atoms with van der Waals surface area (Å²) in [5, 5.41) is 4.39. The van der Waals surface area contributed by atoms with Crippen molar-refractivity contribution in [2.45, 2.75) is 33.4 Å². The van der Waals surface area contributed by atoms with Crippen LogP contribution in [0.1, 0.15) is 17.3 Å². The highest BCUT2D eigenvalue weighted by Crippen LogP contribution is 2.18. The highest BCUT2D eigenvalue weighted by molar-refractivity contribution is 5.43. The highest BCUT2D eigenvalue weighted by atomic mass is 16.5. The second-order valence-corrected chi connectivity index (χ2v) is 5.55. The number of nitrogens with zero attached hydrogens (tertiary/aromatic N) is 6. The van der Waals surface area contributed by atoms with Crippen molar-refractivity contribution in [3.8, 4) is 0 Å². The van der Waals surface area contributed by atoms with Crippen molar-refractivity contribution in [2.75, 3.05) is 30.3 Å². The summed E-state index contributed by atoms with van der Waals surface area (Å²) >= 11 is 0. The molecule has 22 heavy (non-hydrogen) atoms. The Balaban J connectivity index is 1.72. The van der Waals surface area contributed by atoms with E-state index in [2.05, 4.69) is 25.0 Å². The van der Waals surface area contributed by atoms with E-state index in [9.17, 15) is 0 Å². The Labute approximate surface area is 129 Å². The summed E-state index contributed by atoms with van der Waals surface area (Å²) in [5.74, 6) is 2.84. The molecule has 0 amide bonds. The molecule has 1 saturated heterocycles. The minimum Gasteiger partial charge on any atom is -0.373 e. The maximum atomic E-state index is 5.85. The van der Waals surface area contributed by atoms with Crippen LogP contribution in [0.2, 0.25) is 0 Å². The van der Waals surface area contributed by atoms with Crippen molar-refractivity contribution in [3.63, 3.8) is 0 Å². The molecule has 8 nitrogen and oxygen atoms in total. The Bertz CT molecular complexity index is 649. The molecule has 2 aromatic heterocycles. The van der Waals surface area contributed by atoms with Crippen molar-refractivity contribution in [1.82, 2.24) is 24.7 Å². The zero-order valence-corrected chi connectivity index (χ0v) is 13.2. The van der Waals surface area contributed by atoms with Gasteiger partial charge in [-0.1, -0.05) is 0 Å². The predicted molar refractivity (Wildman–Crippen MR) is 82.6 cm³/mol. The Morgan fingerprint density at radius 1 is 1.27 bits per heavy atom. The van der Waals surface area contributed by atoms with Crippen LogP contribution >= 0.6 is 0 Å². The molecule has 0 radical (unpaired) electrons. The second-order valence-electron chi connectivity index (χ2n) is 5.55. The zero-order valence-electron chi connectivity index (χ0n) is 13.2. The van der Waals surface area contributed by atoms with Gasteiger partial charge in [-0.3, -0.25) is 0 Å². The largest absolute Gasteiger partial charge is 0.373 e. The minimum absolute atomic E-state index is 0.0463. The van der Waals surface area contributed by atoms with Gasteiger partial charge >= 0.3 is 0 Å². The lowest BCUT2D eigenvalue weighted by molar-refractivity contribution is 0.0267. The molecular formula is C14H21N7O. The second kappa shape index (κ2) is 5.88. The Morgan fingerprint density at radius 3 is 2.77 bits per heavy atom. The van der Waals surface area contributed by atoms with Gasteiger partial charge in [-0.15, -0.1) is 0 Å². The van der Waals surface area contributed by atoms with E-state index in [1.807, 2.05) is 31.5 Å². The van der Waals surface area contributed by atoms with Crippen LogP contribution in [0.5, 0.6) is 0 Å². The molecule has 2 aromatic rings. The van der Waals surface area contributed by atoms with Crippen LogP contribution in [0.15, 0.2) is 6.07 Å². The molecule has 3 rings (SSSR count). The van der Waals surface area contributed by atoms with Crippen molar-refractivity contribution < 1.29 is 4.74 Å². The summed E-state index contributed by atoms with van der Waals surface area (Å²) in [6.45, 7) is 8.64. The number of rotatable bonds is 3. The summed E-state index contributed by atoms with van der Waals surface area (Å²) in [6, 6.07) is 1.95. The molecule has 118 valence electrons. The van der Waals surface area contributed by atoms with E-state index in [4.69, 9.17) is 10.5 Å². The smallest absolute Gasteiger partial charge is 0.222 e. The van der Waals surface area contributed by atoms with Gasteiger partial charge < -0.3 is 15.4 Å². The monoisotopic (exact) mass is 303 g/mol. The first-order valence-corrected chi connectivity index (χ1v) is 7.37. The summed E-state index contributed by atoms with van der Waals surface area (Å²) in [4.78, 5) is 14.9. The fourth-order valence-corrected chi connectivity index (χ4v) is 2.70. The maximum absolute atomic E-state index is 5.85. The molecule has 1 fully saturated rings. The molecule has 8 heteroatoms. The number of nitrogen functional groups attached to an aromatic ring is 1. The topological polar surface area (TPSA) is 95.0 Å². The number of hydrogen-bond donors (Lipinski definition) is 1. The van der Waals surface area contributed by atoms with Gasteiger partial charge in [-0.2, -0.15) is 10.1 Å². The van der Waals surface area contributed by atoms with Gasteiger partial charge in [0, 0.05) is 24.8 Å². The van der Waals surface area contributed by atoms with E-state index in [1.54, 1.807) is 0 Å². The van der Waals surface area contributed by atoms with Gasteiger partial charge in [0.2, 0.25) is 5.95 Å². The molecule has 3 heterocycles. The van der Waals surface area contributed by atoms with Gasteiger partial charge in [0.1, 0.15) is 17.5 Å². The van der Waals surface area contributed by atoms with Crippen LogP contribution in [-0.2, 0) is 11.3 Å². The van der Waals surface area contributed by atoms with Gasteiger partial charge in [0.15, 0.2) is 0 Å². The van der Waals surface area contributed by atoms with E-state index in [0.29, 0.717) is 19.1 Å². The molecule has 1 atom stereocenters. The van der Waals surface area contributed by atoms with Crippen molar-refractivity contribution in [1.29, 1.82) is 0 Å². The Kier molecular flexibility index (Phi) is 3.93. The number of hydrogen-bond acceptors (Lipinski definition) is 7. The molecule has 0 saturated carbocycles. The molecule has 0 spiro atoms. The molecular weight excluding hydrogens is 282 g/mol. The minimum atomic E-state index is 0.0463. The first-order chi connectivity index (χ1) is 10.5. The van der Waals surface area contributed by atoms with Crippen LogP contribution in [0.4, 0.5) is 11.8 Å². The lowest BCUT2D eigenvalue weighted by Gasteiger charge is -2.33. The van der Waals surface area contributed by atoms with Crippen molar-refractivity contribution >= 4 is 11.8 Å². The first-order valence-electron chi connectivity index (χ1n) is 7.37. The van der Waals surface area contributed by atoms with Crippen LogP contribution in [0.25, 0.3) is 0 Å². The average molecular weight is 303 g/mol. The van der Waals surface area contributed by atoms with Crippen molar-refractivity contribution in [2.24, 2.45) is 0 Å². The number of aryl methyl sites for hydroxylation is 3. The van der Waals surface area contributed by atoms with E-state index >= 15 is 0 Å². The predicted octanol–water partition coefficient (Wildman–Crippen LogP) is 0.481. The lowest BCUT2D eigenvalue weighted by Crippen LogP contribution is -2.45. The lowest BCUT2D eigenvalue weighted by atomic mass is 10.2. The highest BCUT2D eigenvalue weighted by Gasteiger charge is 2.23. The summed E-state index contributed by atoms with van der Waals surface area (Å²) in [5.41, 5.74) is 6.61. The third kappa shape index (κ3) is 3.16. The Morgan fingerprint density at radius 2 is 2.09 bits per heavy atom. The number of ether oxygens (including phenoxy) is 1. The molecule has 1 aliphatic heterocycles. The molecule has 0 aromatic carbocycles. The summed E-state index contributed by atoms with van der Waals surface area (Å²) in [6.07, 6.45) is 0.0463. The normalized spacial score (nSPS) is 18.7. The van der Waals surface area contributed by atoms with Crippen LogP contribution in [0.3, 0.4) is 0 Å². The standard InChI is InChI=1S/C14H21N7O/c1-9-6-13(18-14(15)16-9)20-4-5-22-12(7-20)8-21-11(3)17-10(2)19-21/h6,12H,4-5,7-8H2,1-3H3,(H2,15,16,18). The van der Waals surface area contributed by atoms with Gasteiger partial charge in [0.25, 0.3) is 0 Å². The van der Waals surface area contributed by atoms with Crippen molar-refractivity contribution in [3.05, 3.63) is 23.4 Å². The number of morpholine rings is 1. The number of anilines is 2. The van der Waals surface area contributed by atoms with E-state index < -0.39 is 0 Å². The fourth-order valence-electron chi connectivity index (χ4n) is 2.70. The molecule has 2 N–H and O–H groups in total. The number of nitrogens with two attached hydrogens (primary N) is 1. The van der Waals surface area contributed by atoms with E-state index in [-0.39, 0.29) is 6.10 Å². The Hall–Kier alpha value is -2.22. The first kappa shape index (κ1) is 14.7. The average Bonchev–Trinajstić information content (AvgIpc) is 2.76. The van der Waals surface area contributed by atoms with Crippen LogP contribution < -0.4 is 10.6 Å². The molecule has 0 bridgehead atoms. The maximum Gasteiger partial charge on any atom is 0.222 e. The van der Waals surface area contributed by atoms with Crippen LogP contribution in [-0.4, -0.2) is 50.5 Å². The van der Waals surface area contributed by atoms with Crippen LogP contribution in [0, 0.1) is 20.8 Å². The molecule has 1 unspecified atom stereocenters. The van der Waals surface area contributed by atoms with Gasteiger partial charge in [-0.05, 0) is 20.8 Å². The van der Waals surface area contributed by atoms with E-state index in [0.717, 1.165) is 36.3 Å². The van der Waals surface area contributed by atoms with Gasteiger partial charge in [-0.25, -0.2) is 14.6 Å². The SMILES string of the molecule is Cc1cc(N2CCOC(Cn3nc(C)nc3C)C2)nc(N)n1.